The molecule has 3 amide bonds. The zero-order valence-electron chi connectivity index (χ0n) is 28.9. The number of rotatable bonds is 6. The van der Waals surface area contributed by atoms with Gasteiger partial charge in [-0.2, -0.15) is 0 Å². The summed E-state index contributed by atoms with van der Waals surface area (Å²) < 4.78 is 0. The second kappa shape index (κ2) is 18.5. The van der Waals surface area contributed by atoms with E-state index in [-0.39, 0.29) is 35.2 Å². The van der Waals surface area contributed by atoms with Gasteiger partial charge in [-0.3, -0.25) is 14.4 Å². The van der Waals surface area contributed by atoms with Crippen molar-refractivity contribution >= 4 is 35.3 Å². The molecule has 3 N–H and O–H groups in total. The van der Waals surface area contributed by atoms with E-state index < -0.39 is 0 Å². The lowest BCUT2D eigenvalue weighted by Crippen LogP contribution is -2.47. The monoisotopic (exact) mass is 624 g/mol. The Labute approximate surface area is 272 Å². The first kappa shape index (κ1) is 38.8. The van der Waals surface area contributed by atoms with Gasteiger partial charge in [0.15, 0.2) is 0 Å². The van der Waals surface area contributed by atoms with Crippen molar-refractivity contribution in [3.05, 3.63) is 76.0 Å². The van der Waals surface area contributed by atoms with Crippen LogP contribution < -0.4 is 16.0 Å². The van der Waals surface area contributed by atoms with Crippen molar-refractivity contribution < 1.29 is 14.4 Å². The van der Waals surface area contributed by atoms with Crippen molar-refractivity contribution in [2.45, 2.75) is 107 Å². The average Bonchev–Trinajstić information content (AvgIpc) is 3.65. The summed E-state index contributed by atoms with van der Waals surface area (Å²) in [5, 5.41) is 9.00. The Morgan fingerprint density at radius 1 is 1.09 bits per heavy atom. The minimum atomic E-state index is -0.368. The van der Waals surface area contributed by atoms with E-state index in [1.54, 1.807) is 4.90 Å². The number of carbonyl (C=O) groups excluding carboxylic acids is 3. The number of fused-ring (bicyclic) bond motifs is 1. The number of nitrogens with one attached hydrogen (secondary N) is 3. The Hall–Kier alpha value is -3.26. The topological polar surface area (TPSA) is 90.5 Å². The summed E-state index contributed by atoms with van der Waals surface area (Å²) >= 11 is 4.61. The molecule has 1 saturated heterocycles. The van der Waals surface area contributed by atoms with Gasteiger partial charge < -0.3 is 20.9 Å². The second-order valence-corrected chi connectivity index (χ2v) is 12.3. The maximum Gasteiger partial charge on any atom is 0.251 e. The maximum atomic E-state index is 13.0. The molecular weight excluding hydrogens is 568 g/mol. The molecule has 0 aromatic heterocycles. The minimum absolute atomic E-state index is 0.0515. The van der Waals surface area contributed by atoms with E-state index in [0.29, 0.717) is 19.5 Å². The van der Waals surface area contributed by atoms with Gasteiger partial charge in [0.2, 0.25) is 11.8 Å². The Morgan fingerprint density at radius 2 is 1.73 bits per heavy atom. The van der Waals surface area contributed by atoms with Crippen LogP contribution in [0.15, 0.2) is 48.2 Å². The van der Waals surface area contributed by atoms with Gasteiger partial charge in [-0.05, 0) is 67.3 Å². The third kappa shape index (κ3) is 11.0. The van der Waals surface area contributed by atoms with E-state index in [2.05, 4.69) is 34.6 Å². The van der Waals surface area contributed by atoms with Crippen molar-refractivity contribution in [2.75, 3.05) is 13.6 Å². The molecule has 4 rings (SSSR count). The number of nitrogens with zero attached hydrogens (tertiary/aromatic N) is 1. The minimum Gasteiger partial charge on any atom is -0.391 e. The SMILES string of the molecule is CC.CC.CN/C(C)=C(\S)c1ccc(C(C)NC(=O)C2CCCN2C(=O)CC(C)(C)C)c(C)c1.O=C1NCc2ccccc21. The van der Waals surface area contributed by atoms with Gasteiger partial charge in [0.25, 0.3) is 5.91 Å². The van der Waals surface area contributed by atoms with E-state index in [1.165, 1.54) is 0 Å². The van der Waals surface area contributed by atoms with Crippen LogP contribution in [0.2, 0.25) is 0 Å². The number of thiol groups is 1. The Kier molecular flexibility index (Phi) is 16.3. The molecule has 2 aromatic rings. The van der Waals surface area contributed by atoms with Crippen LogP contribution in [-0.4, -0.2) is 42.3 Å². The van der Waals surface area contributed by atoms with Crippen LogP contribution in [0.1, 0.15) is 120 Å². The second-order valence-electron chi connectivity index (χ2n) is 11.8. The first-order valence-electron chi connectivity index (χ1n) is 16.0. The Morgan fingerprint density at radius 3 is 2.30 bits per heavy atom. The van der Waals surface area contributed by atoms with E-state index >= 15 is 0 Å². The van der Waals surface area contributed by atoms with Crippen molar-refractivity contribution in [1.82, 2.24) is 20.9 Å². The highest BCUT2D eigenvalue weighted by atomic mass is 32.1. The van der Waals surface area contributed by atoms with Gasteiger partial charge in [0.05, 0.1) is 6.04 Å². The molecule has 7 nitrogen and oxygen atoms in total. The van der Waals surface area contributed by atoms with E-state index in [1.807, 2.05) is 113 Å². The molecule has 0 saturated carbocycles. The fraction of sp³-hybridized carbons (Fsp3) is 0.528. The fourth-order valence-corrected chi connectivity index (χ4v) is 5.34. The molecule has 2 aliphatic rings. The predicted molar refractivity (Wildman–Crippen MR) is 187 cm³/mol. The van der Waals surface area contributed by atoms with Crippen molar-refractivity contribution in [2.24, 2.45) is 5.41 Å². The summed E-state index contributed by atoms with van der Waals surface area (Å²) in [6.07, 6.45) is 2.06. The lowest BCUT2D eigenvalue weighted by Gasteiger charge is -2.28. The van der Waals surface area contributed by atoms with Gasteiger partial charge in [-0.15, -0.1) is 12.6 Å². The van der Waals surface area contributed by atoms with E-state index in [9.17, 15) is 14.4 Å². The van der Waals surface area contributed by atoms with Gasteiger partial charge in [-0.1, -0.05) is 84.9 Å². The van der Waals surface area contributed by atoms with Gasteiger partial charge in [0, 0.05) is 42.7 Å². The number of benzene rings is 2. The number of allylic oxidation sites excluding steroid dienone is 1. The summed E-state index contributed by atoms with van der Waals surface area (Å²) in [7, 11) is 1.88. The largest absolute Gasteiger partial charge is 0.391 e. The molecule has 2 atom stereocenters. The van der Waals surface area contributed by atoms with E-state index in [0.717, 1.165) is 51.3 Å². The number of aryl methyl sites for hydroxylation is 1. The zero-order chi connectivity index (χ0) is 33.6. The van der Waals surface area contributed by atoms with Gasteiger partial charge >= 0.3 is 0 Å². The first-order chi connectivity index (χ1) is 20.8. The normalized spacial score (nSPS) is 16.3. The fourth-order valence-electron chi connectivity index (χ4n) is 5.09. The average molecular weight is 625 g/mol. The molecule has 2 heterocycles. The molecule has 0 radical (unpaired) electrons. The number of hydrogen-bond acceptors (Lipinski definition) is 5. The molecule has 0 aliphatic carbocycles. The van der Waals surface area contributed by atoms with Crippen LogP contribution in [0.3, 0.4) is 0 Å². The molecule has 44 heavy (non-hydrogen) atoms. The zero-order valence-corrected chi connectivity index (χ0v) is 29.7. The summed E-state index contributed by atoms with van der Waals surface area (Å²) in [6, 6.07) is 13.3. The molecule has 0 bridgehead atoms. The summed E-state index contributed by atoms with van der Waals surface area (Å²) in [6.45, 7) is 21.5. The summed E-state index contributed by atoms with van der Waals surface area (Å²) in [5.41, 5.74) is 6.06. The van der Waals surface area contributed by atoms with Crippen LogP contribution in [0.5, 0.6) is 0 Å². The number of likely N-dealkylation sites (tertiary alicyclic amines) is 1. The molecular formula is C36H56N4O3S. The summed E-state index contributed by atoms with van der Waals surface area (Å²) in [4.78, 5) is 39.3. The number of amides is 3. The van der Waals surface area contributed by atoms with Crippen LogP contribution in [0.4, 0.5) is 0 Å². The molecule has 1 fully saturated rings. The molecule has 244 valence electrons. The van der Waals surface area contributed by atoms with Crippen LogP contribution in [0.25, 0.3) is 4.91 Å². The van der Waals surface area contributed by atoms with Crippen LogP contribution in [-0.2, 0) is 16.1 Å². The first-order valence-corrected chi connectivity index (χ1v) is 16.4. The van der Waals surface area contributed by atoms with Gasteiger partial charge in [0.1, 0.15) is 6.04 Å². The predicted octanol–water partition coefficient (Wildman–Crippen LogP) is 7.42. The summed E-state index contributed by atoms with van der Waals surface area (Å²) in [5.74, 6) is 0.0588. The standard InChI is InChI=1S/C24H37N3O2S.C8H7NO.2C2H6/c1-15-13-18(22(30)17(3)25-7)10-11-19(15)16(2)26-23(29)20-9-8-12-27(20)21(28)14-24(4,5)6;10-8-7-4-2-1-3-6(7)5-9-8;2*1-2/h10-11,13,16,20,25,30H,8-9,12,14H2,1-7H3,(H,26,29);1-4H,5H2,(H,9,10);2*1-2H3/b22-17-;;;. The molecule has 0 spiro atoms. The third-order valence-electron chi connectivity index (χ3n) is 7.36. The highest BCUT2D eigenvalue weighted by molar-refractivity contribution is 7.90. The van der Waals surface area contributed by atoms with Crippen molar-refractivity contribution in [1.29, 1.82) is 0 Å². The Bertz CT molecular complexity index is 1280. The van der Waals surface area contributed by atoms with Crippen molar-refractivity contribution in [3.63, 3.8) is 0 Å². The van der Waals surface area contributed by atoms with Gasteiger partial charge in [-0.25, -0.2) is 0 Å². The number of hydrogen-bond donors (Lipinski definition) is 4. The maximum absolute atomic E-state index is 13.0. The highest BCUT2D eigenvalue weighted by Gasteiger charge is 2.35. The van der Waals surface area contributed by atoms with Crippen molar-refractivity contribution in [3.8, 4) is 0 Å². The lowest BCUT2D eigenvalue weighted by molar-refractivity contribution is -0.140. The molecule has 2 aromatic carbocycles. The molecule has 8 heteroatoms. The quantitative estimate of drug-likeness (QED) is 0.252. The van der Waals surface area contributed by atoms with E-state index in [4.69, 9.17) is 0 Å². The Balaban J connectivity index is 0.000000569. The van der Waals surface area contributed by atoms with Crippen LogP contribution >= 0.6 is 12.6 Å². The molecule has 2 aliphatic heterocycles. The highest BCUT2D eigenvalue weighted by Crippen LogP contribution is 2.28. The molecule has 2 unspecified atom stereocenters. The smallest absolute Gasteiger partial charge is 0.251 e. The number of carbonyl (C=O) groups is 3. The lowest BCUT2D eigenvalue weighted by atomic mass is 9.91. The van der Waals surface area contributed by atoms with Crippen LogP contribution in [0, 0.1) is 12.3 Å². The third-order valence-corrected chi connectivity index (χ3v) is 7.95.